The van der Waals surface area contributed by atoms with Gasteiger partial charge in [-0.1, -0.05) is 0 Å². The summed E-state index contributed by atoms with van der Waals surface area (Å²) in [7, 11) is 0. The van der Waals surface area contributed by atoms with Gasteiger partial charge in [0.25, 0.3) is 0 Å². The third kappa shape index (κ3) is 7.51. The molecule has 0 aliphatic carbocycles. The third-order valence-corrected chi connectivity index (χ3v) is 1.97. The maximum absolute atomic E-state index is 11.5. The predicted octanol–water partition coefficient (Wildman–Crippen LogP) is 3.05. The van der Waals surface area contributed by atoms with E-state index in [9.17, 15) is 9.59 Å². The van der Waals surface area contributed by atoms with Crippen molar-refractivity contribution in [2.24, 2.45) is 0 Å². The highest BCUT2D eigenvalue weighted by Crippen LogP contribution is 2.12. The minimum absolute atomic E-state index is 0.00441. The number of oxazole rings is 1. The van der Waals surface area contributed by atoms with Crippen LogP contribution in [-0.4, -0.2) is 28.4 Å². The lowest BCUT2D eigenvalue weighted by Crippen LogP contribution is -2.32. The summed E-state index contributed by atoms with van der Waals surface area (Å²) >= 11 is 0. The second-order valence-electron chi connectivity index (χ2n) is 6.63. The van der Waals surface area contributed by atoms with E-state index in [-0.39, 0.29) is 12.6 Å². The number of nitrogens with zero attached hydrogens (tertiary/aromatic N) is 1. The number of hydrogen-bond donors (Lipinski definition) is 2. The van der Waals surface area contributed by atoms with Crippen molar-refractivity contribution in [3.8, 4) is 0 Å². The van der Waals surface area contributed by atoms with Gasteiger partial charge < -0.3 is 19.2 Å². The summed E-state index contributed by atoms with van der Waals surface area (Å²) in [6, 6.07) is -0.00441. The number of nitrogens with one attached hydrogen (secondary N) is 2. The van der Waals surface area contributed by atoms with Gasteiger partial charge in [-0.15, -0.1) is 0 Å². The van der Waals surface area contributed by atoms with Gasteiger partial charge in [-0.25, -0.2) is 14.9 Å². The highest BCUT2D eigenvalue weighted by atomic mass is 16.6. The first-order valence-corrected chi connectivity index (χ1v) is 6.86. The van der Waals surface area contributed by atoms with Gasteiger partial charge >= 0.3 is 18.2 Å². The van der Waals surface area contributed by atoms with E-state index in [2.05, 4.69) is 15.6 Å². The van der Waals surface area contributed by atoms with Crippen molar-refractivity contribution in [1.82, 2.24) is 10.3 Å². The summed E-state index contributed by atoms with van der Waals surface area (Å²) in [6.45, 7) is 10.7. The predicted molar refractivity (Wildman–Crippen MR) is 79.4 cm³/mol. The molecule has 8 nitrogen and oxygen atoms in total. The number of hydrogen-bond acceptors (Lipinski definition) is 6. The molecular weight excluding hydrogens is 290 g/mol. The van der Waals surface area contributed by atoms with Crippen molar-refractivity contribution < 1.29 is 23.5 Å². The number of anilines is 1. The van der Waals surface area contributed by atoms with Crippen LogP contribution in [0.5, 0.6) is 0 Å². The standard InChI is InChI=1S/C14H23N3O5/c1-13(2,3)21-11(18)15-7-9-8-20-10(16-9)17-12(19)22-14(4,5)6/h8H,7H2,1-6H3,(H,15,18)(H,16,17,19). The number of aromatic nitrogens is 1. The maximum atomic E-state index is 11.5. The fourth-order valence-corrected chi connectivity index (χ4v) is 1.31. The Kier molecular flexibility index (Phi) is 5.40. The molecule has 0 radical (unpaired) electrons. The molecule has 22 heavy (non-hydrogen) atoms. The van der Waals surface area contributed by atoms with Crippen LogP contribution in [-0.2, 0) is 16.0 Å². The summed E-state index contributed by atoms with van der Waals surface area (Å²) < 4.78 is 15.2. The molecule has 2 N–H and O–H groups in total. The third-order valence-electron chi connectivity index (χ3n) is 1.97. The zero-order chi connectivity index (χ0) is 17.0. The zero-order valence-corrected chi connectivity index (χ0v) is 13.8. The van der Waals surface area contributed by atoms with Crippen LogP contribution in [0.4, 0.5) is 15.6 Å². The first-order chi connectivity index (χ1) is 9.94. The first-order valence-electron chi connectivity index (χ1n) is 6.86. The molecular formula is C14H23N3O5. The highest BCUT2D eigenvalue weighted by Gasteiger charge is 2.19. The average molecular weight is 313 g/mol. The molecule has 1 rings (SSSR count). The molecule has 8 heteroatoms. The van der Waals surface area contributed by atoms with E-state index in [1.54, 1.807) is 41.5 Å². The number of rotatable bonds is 3. The van der Waals surface area contributed by atoms with Gasteiger partial charge in [-0.3, -0.25) is 0 Å². The van der Waals surface area contributed by atoms with Crippen molar-refractivity contribution in [1.29, 1.82) is 0 Å². The Morgan fingerprint density at radius 1 is 1.09 bits per heavy atom. The van der Waals surface area contributed by atoms with Crippen molar-refractivity contribution in [3.05, 3.63) is 12.0 Å². The monoisotopic (exact) mass is 313 g/mol. The molecule has 0 saturated heterocycles. The summed E-state index contributed by atoms with van der Waals surface area (Å²) in [4.78, 5) is 27.0. The highest BCUT2D eigenvalue weighted by molar-refractivity contribution is 5.82. The minimum Gasteiger partial charge on any atom is -0.444 e. The Balaban J connectivity index is 2.45. The Morgan fingerprint density at radius 2 is 1.64 bits per heavy atom. The smallest absolute Gasteiger partial charge is 0.415 e. The van der Waals surface area contributed by atoms with Crippen LogP contribution in [0.15, 0.2) is 10.7 Å². The van der Waals surface area contributed by atoms with Crippen LogP contribution in [0.1, 0.15) is 47.2 Å². The number of alkyl carbamates (subject to hydrolysis) is 1. The van der Waals surface area contributed by atoms with Crippen molar-refractivity contribution in [2.45, 2.75) is 59.3 Å². The molecule has 0 bridgehead atoms. The number of ether oxygens (including phenoxy) is 2. The lowest BCUT2D eigenvalue weighted by Gasteiger charge is -2.19. The van der Waals surface area contributed by atoms with Gasteiger partial charge in [-0.2, -0.15) is 4.98 Å². The number of carbonyl (C=O) groups excluding carboxylic acids is 2. The quantitative estimate of drug-likeness (QED) is 0.889. The molecule has 1 heterocycles. The van der Waals surface area contributed by atoms with Crippen molar-refractivity contribution in [3.63, 3.8) is 0 Å². The largest absolute Gasteiger partial charge is 0.444 e. The van der Waals surface area contributed by atoms with Crippen LogP contribution >= 0.6 is 0 Å². The molecule has 1 aromatic rings. The van der Waals surface area contributed by atoms with E-state index >= 15 is 0 Å². The molecule has 0 aliphatic heterocycles. The van der Waals surface area contributed by atoms with E-state index in [0.29, 0.717) is 5.69 Å². The fraction of sp³-hybridized carbons (Fsp3) is 0.643. The summed E-state index contributed by atoms with van der Waals surface area (Å²) in [6.07, 6.45) is 0.0996. The molecule has 0 fully saturated rings. The van der Waals surface area contributed by atoms with Crippen molar-refractivity contribution in [2.75, 3.05) is 5.32 Å². The maximum Gasteiger partial charge on any atom is 0.415 e. The van der Waals surface area contributed by atoms with Gasteiger partial charge in [0.1, 0.15) is 23.2 Å². The van der Waals surface area contributed by atoms with Crippen LogP contribution in [0.25, 0.3) is 0 Å². The van der Waals surface area contributed by atoms with Gasteiger partial charge in [-0.05, 0) is 41.5 Å². The van der Waals surface area contributed by atoms with E-state index in [4.69, 9.17) is 13.9 Å². The van der Waals surface area contributed by atoms with Crippen LogP contribution in [0.3, 0.4) is 0 Å². The Hall–Kier alpha value is -2.25. The van der Waals surface area contributed by atoms with Gasteiger partial charge in [0.15, 0.2) is 0 Å². The van der Waals surface area contributed by atoms with E-state index in [0.717, 1.165) is 0 Å². The molecule has 0 aromatic carbocycles. The van der Waals surface area contributed by atoms with E-state index in [1.807, 2.05) is 0 Å². The molecule has 0 atom stereocenters. The first kappa shape index (κ1) is 17.8. The summed E-state index contributed by atoms with van der Waals surface area (Å²) in [5, 5.41) is 4.89. The molecule has 2 amide bonds. The Bertz CT molecular complexity index is 525. The van der Waals surface area contributed by atoms with Crippen LogP contribution in [0.2, 0.25) is 0 Å². The van der Waals surface area contributed by atoms with Gasteiger partial charge in [0.2, 0.25) is 0 Å². The molecule has 124 valence electrons. The van der Waals surface area contributed by atoms with Crippen molar-refractivity contribution >= 4 is 18.2 Å². The SMILES string of the molecule is CC(C)(C)OC(=O)NCc1coc(NC(=O)OC(C)(C)C)n1. The van der Waals surface area contributed by atoms with E-state index < -0.39 is 23.4 Å². The second-order valence-corrected chi connectivity index (χ2v) is 6.63. The lowest BCUT2D eigenvalue weighted by atomic mass is 10.2. The molecule has 0 unspecified atom stereocenters. The molecule has 0 saturated carbocycles. The van der Waals surface area contributed by atoms with Crippen LogP contribution < -0.4 is 10.6 Å². The zero-order valence-electron chi connectivity index (χ0n) is 13.8. The fourth-order valence-electron chi connectivity index (χ4n) is 1.31. The number of amides is 2. The summed E-state index contributed by atoms with van der Waals surface area (Å²) in [5.74, 6) is 0. The molecule has 0 aliphatic rings. The van der Waals surface area contributed by atoms with Crippen LogP contribution in [0, 0.1) is 0 Å². The Labute approximate surface area is 129 Å². The normalized spacial score (nSPS) is 11.7. The summed E-state index contributed by atoms with van der Waals surface area (Å²) in [5.41, 5.74) is -0.744. The number of carbonyl (C=O) groups is 2. The molecule has 1 aromatic heterocycles. The van der Waals surface area contributed by atoms with E-state index in [1.165, 1.54) is 6.26 Å². The van der Waals surface area contributed by atoms with Gasteiger partial charge in [0, 0.05) is 0 Å². The second kappa shape index (κ2) is 6.67. The Morgan fingerprint density at radius 3 is 2.18 bits per heavy atom. The average Bonchev–Trinajstić information content (AvgIpc) is 2.68. The minimum atomic E-state index is -0.666. The topological polar surface area (TPSA) is 103 Å². The molecule has 0 spiro atoms. The van der Waals surface area contributed by atoms with Gasteiger partial charge in [0.05, 0.1) is 6.54 Å². The lowest BCUT2D eigenvalue weighted by molar-refractivity contribution is 0.0521.